The first-order valence-corrected chi connectivity index (χ1v) is 8.65. The Bertz CT molecular complexity index is 429. The van der Waals surface area contributed by atoms with E-state index in [2.05, 4.69) is 0 Å². The maximum atomic E-state index is 12.9. The molecule has 6 heteroatoms. The number of hydrogen-bond donors (Lipinski definition) is 2. The summed E-state index contributed by atoms with van der Waals surface area (Å²) < 4.78 is 0. The van der Waals surface area contributed by atoms with Gasteiger partial charge in [-0.15, -0.1) is 0 Å². The molecule has 0 aromatic carbocycles. The number of likely N-dealkylation sites (tertiary alicyclic amines) is 1. The van der Waals surface area contributed by atoms with Gasteiger partial charge in [-0.1, -0.05) is 27.2 Å². The van der Waals surface area contributed by atoms with Crippen molar-refractivity contribution < 1.29 is 14.4 Å². The molecule has 2 unspecified atom stereocenters. The Hall–Kier alpha value is -1.59. The van der Waals surface area contributed by atoms with Gasteiger partial charge in [0.05, 0.1) is 0 Å². The van der Waals surface area contributed by atoms with Gasteiger partial charge < -0.3 is 16.4 Å². The summed E-state index contributed by atoms with van der Waals surface area (Å²) in [6.07, 6.45) is 3.31. The minimum atomic E-state index is -0.413. The van der Waals surface area contributed by atoms with Crippen LogP contribution >= 0.6 is 0 Å². The van der Waals surface area contributed by atoms with Crippen LogP contribution in [0.3, 0.4) is 0 Å². The van der Waals surface area contributed by atoms with Crippen LogP contribution in [0.1, 0.15) is 52.9 Å². The lowest BCUT2D eigenvalue weighted by atomic mass is 9.80. The van der Waals surface area contributed by atoms with Crippen LogP contribution in [0.4, 0.5) is 0 Å². The zero-order valence-corrected chi connectivity index (χ0v) is 14.6. The Balaban J connectivity index is 2.83. The molecule has 2 atom stereocenters. The Morgan fingerprint density at radius 3 is 2.04 bits per heavy atom. The smallest absolute Gasteiger partial charge is 0.226 e. The Kier molecular flexibility index (Phi) is 7.52. The summed E-state index contributed by atoms with van der Waals surface area (Å²) in [6.45, 7) is 7.13. The van der Waals surface area contributed by atoms with Crippen LogP contribution in [-0.2, 0) is 14.4 Å². The van der Waals surface area contributed by atoms with Gasteiger partial charge in [0.1, 0.15) is 0 Å². The lowest BCUT2D eigenvalue weighted by molar-refractivity contribution is -0.144. The molecule has 0 aromatic rings. The number of carbonyl (C=O) groups excluding carboxylic acids is 3. The predicted molar refractivity (Wildman–Crippen MR) is 89.0 cm³/mol. The van der Waals surface area contributed by atoms with Gasteiger partial charge in [0.2, 0.25) is 17.7 Å². The summed E-state index contributed by atoms with van der Waals surface area (Å²) in [5, 5.41) is 0. The molecule has 6 nitrogen and oxygen atoms in total. The zero-order valence-electron chi connectivity index (χ0n) is 14.6. The second kappa shape index (κ2) is 8.89. The fourth-order valence-corrected chi connectivity index (χ4v) is 3.42. The molecule has 1 heterocycles. The predicted octanol–water partition coefficient (Wildman–Crippen LogP) is 1.27. The molecule has 1 aliphatic heterocycles. The Morgan fingerprint density at radius 2 is 1.65 bits per heavy atom. The molecule has 0 radical (unpaired) electrons. The van der Waals surface area contributed by atoms with Crippen molar-refractivity contribution in [2.24, 2.45) is 35.1 Å². The van der Waals surface area contributed by atoms with Crippen LogP contribution in [0.5, 0.6) is 0 Å². The molecule has 0 aromatic heterocycles. The SMILES string of the molecule is CCCC(C(N)=O)C(CC(C)C)C(=O)N1CCC(C(N)=O)CC1. The lowest BCUT2D eigenvalue weighted by Crippen LogP contribution is -2.47. The molecule has 132 valence electrons. The number of nitrogens with two attached hydrogens (primary N) is 2. The summed E-state index contributed by atoms with van der Waals surface area (Å²) in [6, 6.07) is 0. The maximum absolute atomic E-state index is 12.9. The molecule has 1 saturated heterocycles. The minimum Gasteiger partial charge on any atom is -0.369 e. The van der Waals surface area contributed by atoms with E-state index < -0.39 is 11.8 Å². The van der Waals surface area contributed by atoms with E-state index in [4.69, 9.17) is 11.5 Å². The van der Waals surface area contributed by atoms with Gasteiger partial charge in [0.15, 0.2) is 0 Å². The molecule has 0 saturated carbocycles. The number of amides is 3. The van der Waals surface area contributed by atoms with Gasteiger partial charge >= 0.3 is 0 Å². The van der Waals surface area contributed by atoms with Crippen molar-refractivity contribution in [3.63, 3.8) is 0 Å². The number of piperidine rings is 1. The van der Waals surface area contributed by atoms with E-state index in [0.29, 0.717) is 44.7 Å². The van der Waals surface area contributed by atoms with Crippen LogP contribution in [0, 0.1) is 23.7 Å². The monoisotopic (exact) mass is 325 g/mol. The Labute approximate surface area is 138 Å². The molecule has 0 aliphatic carbocycles. The van der Waals surface area contributed by atoms with E-state index in [0.717, 1.165) is 6.42 Å². The van der Waals surface area contributed by atoms with Crippen LogP contribution in [-0.4, -0.2) is 35.7 Å². The average Bonchev–Trinajstić information content (AvgIpc) is 2.49. The third-order valence-corrected chi connectivity index (χ3v) is 4.70. The van der Waals surface area contributed by atoms with E-state index in [9.17, 15) is 14.4 Å². The van der Waals surface area contributed by atoms with Crippen LogP contribution in [0.2, 0.25) is 0 Å². The first-order chi connectivity index (χ1) is 10.8. The fraction of sp³-hybridized carbons (Fsp3) is 0.824. The molecule has 1 rings (SSSR count). The van der Waals surface area contributed by atoms with Crippen molar-refractivity contribution in [3.05, 3.63) is 0 Å². The Morgan fingerprint density at radius 1 is 1.09 bits per heavy atom. The number of carbonyl (C=O) groups is 3. The van der Waals surface area contributed by atoms with Crippen molar-refractivity contribution in [1.82, 2.24) is 4.90 Å². The standard InChI is InChI=1S/C17H31N3O3/c1-4-5-13(16(19)22)14(10-11(2)3)17(23)20-8-6-12(7-9-20)15(18)21/h11-14H,4-10H2,1-3H3,(H2,18,21)(H2,19,22). The summed E-state index contributed by atoms with van der Waals surface area (Å²) in [5.41, 5.74) is 10.9. The van der Waals surface area contributed by atoms with Crippen molar-refractivity contribution >= 4 is 17.7 Å². The van der Waals surface area contributed by atoms with Gasteiger partial charge in [-0.3, -0.25) is 14.4 Å². The van der Waals surface area contributed by atoms with E-state index in [1.807, 2.05) is 20.8 Å². The minimum absolute atomic E-state index is 0.00105. The molecule has 1 fully saturated rings. The van der Waals surface area contributed by atoms with E-state index in [1.54, 1.807) is 4.90 Å². The third-order valence-electron chi connectivity index (χ3n) is 4.70. The molecule has 4 N–H and O–H groups in total. The average molecular weight is 325 g/mol. The number of primary amides is 2. The van der Waals surface area contributed by atoms with Crippen LogP contribution in [0.25, 0.3) is 0 Å². The molecule has 3 amide bonds. The molecule has 0 bridgehead atoms. The second-order valence-electron chi connectivity index (χ2n) is 7.04. The van der Waals surface area contributed by atoms with Gasteiger partial charge in [0.25, 0.3) is 0 Å². The summed E-state index contributed by atoms with van der Waals surface area (Å²) in [7, 11) is 0. The second-order valence-corrected chi connectivity index (χ2v) is 7.04. The lowest BCUT2D eigenvalue weighted by Gasteiger charge is -2.35. The summed E-state index contributed by atoms with van der Waals surface area (Å²) in [5.74, 6) is -1.30. The fourth-order valence-electron chi connectivity index (χ4n) is 3.42. The van der Waals surface area contributed by atoms with Gasteiger partial charge in [-0.05, 0) is 31.6 Å². The number of rotatable bonds is 8. The van der Waals surface area contributed by atoms with E-state index in [1.165, 1.54) is 0 Å². The van der Waals surface area contributed by atoms with Gasteiger partial charge in [0, 0.05) is 30.8 Å². The van der Waals surface area contributed by atoms with E-state index in [-0.39, 0.29) is 23.7 Å². The molecule has 0 spiro atoms. The maximum Gasteiger partial charge on any atom is 0.226 e. The van der Waals surface area contributed by atoms with Gasteiger partial charge in [-0.2, -0.15) is 0 Å². The molecule has 1 aliphatic rings. The highest BCUT2D eigenvalue weighted by atomic mass is 16.2. The van der Waals surface area contributed by atoms with Crippen molar-refractivity contribution in [2.75, 3.05) is 13.1 Å². The normalized spacial score (nSPS) is 18.7. The van der Waals surface area contributed by atoms with Crippen molar-refractivity contribution in [1.29, 1.82) is 0 Å². The third kappa shape index (κ3) is 5.52. The molecular formula is C17H31N3O3. The molecular weight excluding hydrogens is 294 g/mol. The first-order valence-electron chi connectivity index (χ1n) is 8.65. The van der Waals surface area contributed by atoms with Gasteiger partial charge in [-0.25, -0.2) is 0 Å². The summed E-state index contributed by atoms with van der Waals surface area (Å²) >= 11 is 0. The first kappa shape index (κ1) is 19.5. The quantitative estimate of drug-likeness (QED) is 0.702. The van der Waals surface area contributed by atoms with E-state index >= 15 is 0 Å². The number of nitrogens with zero attached hydrogens (tertiary/aromatic N) is 1. The molecule has 23 heavy (non-hydrogen) atoms. The van der Waals surface area contributed by atoms with Crippen LogP contribution in [0.15, 0.2) is 0 Å². The highest BCUT2D eigenvalue weighted by molar-refractivity contribution is 5.87. The largest absolute Gasteiger partial charge is 0.369 e. The van der Waals surface area contributed by atoms with Crippen LogP contribution < -0.4 is 11.5 Å². The van der Waals surface area contributed by atoms with Crippen molar-refractivity contribution in [3.8, 4) is 0 Å². The van der Waals surface area contributed by atoms with Crippen molar-refractivity contribution in [2.45, 2.75) is 52.9 Å². The summed E-state index contributed by atoms with van der Waals surface area (Å²) in [4.78, 5) is 37.8. The topological polar surface area (TPSA) is 106 Å². The zero-order chi connectivity index (χ0) is 17.6. The highest BCUT2D eigenvalue weighted by Crippen LogP contribution is 2.28. The highest BCUT2D eigenvalue weighted by Gasteiger charge is 2.36. The number of hydrogen-bond acceptors (Lipinski definition) is 3.